The zero-order chi connectivity index (χ0) is 8.15. The van der Waals surface area contributed by atoms with Gasteiger partial charge in [0.25, 0.3) is 0 Å². The zero-order valence-corrected chi connectivity index (χ0v) is 6.61. The molecule has 0 aliphatic rings. The third-order valence-corrected chi connectivity index (χ3v) is 1.22. The first kappa shape index (κ1) is 9.21. The van der Waals surface area contributed by atoms with Crippen LogP contribution in [0.4, 0.5) is 0 Å². The van der Waals surface area contributed by atoms with Crippen LogP contribution in [0.25, 0.3) is 0 Å². The van der Waals surface area contributed by atoms with Gasteiger partial charge in [0.15, 0.2) is 0 Å². The van der Waals surface area contributed by atoms with E-state index in [-0.39, 0.29) is 11.9 Å². The van der Waals surface area contributed by atoms with E-state index in [0.717, 1.165) is 6.42 Å². The Kier molecular flexibility index (Phi) is 3.77. The highest BCUT2D eigenvalue weighted by molar-refractivity contribution is 5.92. The van der Waals surface area contributed by atoms with Crippen LogP contribution in [-0.2, 0) is 4.79 Å². The van der Waals surface area contributed by atoms with Crippen molar-refractivity contribution in [3.8, 4) is 0 Å². The summed E-state index contributed by atoms with van der Waals surface area (Å²) in [6, 6.07) is 0.00389. The lowest BCUT2D eigenvalue weighted by atomic mass is 10.2. The Morgan fingerprint density at radius 1 is 1.70 bits per heavy atom. The molecule has 0 fully saturated rings. The predicted molar refractivity (Wildman–Crippen MR) is 42.4 cm³/mol. The SMILES string of the molecule is [CH2]C(CC)NC(=O)C(=C)C. The van der Waals surface area contributed by atoms with Crippen molar-refractivity contribution in [2.45, 2.75) is 26.3 Å². The molecular formula is C8H14NO. The van der Waals surface area contributed by atoms with Crippen LogP contribution in [0.1, 0.15) is 20.3 Å². The molecule has 0 aliphatic heterocycles. The van der Waals surface area contributed by atoms with E-state index >= 15 is 0 Å². The molecule has 1 atom stereocenters. The van der Waals surface area contributed by atoms with Crippen LogP contribution >= 0.6 is 0 Å². The molecule has 10 heavy (non-hydrogen) atoms. The maximum Gasteiger partial charge on any atom is 0.246 e. The van der Waals surface area contributed by atoms with Crippen LogP contribution in [0.3, 0.4) is 0 Å². The molecule has 0 aromatic carbocycles. The van der Waals surface area contributed by atoms with Gasteiger partial charge in [-0.3, -0.25) is 4.79 Å². The summed E-state index contributed by atoms with van der Waals surface area (Å²) in [5, 5.41) is 2.68. The largest absolute Gasteiger partial charge is 0.350 e. The predicted octanol–water partition coefficient (Wildman–Crippen LogP) is 1.29. The molecule has 0 saturated heterocycles. The van der Waals surface area contributed by atoms with E-state index in [1.54, 1.807) is 6.92 Å². The second-order valence-corrected chi connectivity index (χ2v) is 2.36. The molecule has 0 bridgehead atoms. The average Bonchev–Trinajstić information content (AvgIpc) is 1.87. The molecule has 0 aromatic rings. The van der Waals surface area contributed by atoms with E-state index in [0.29, 0.717) is 5.57 Å². The number of carbonyl (C=O) groups is 1. The Balaban J connectivity index is 3.68. The minimum Gasteiger partial charge on any atom is -0.350 e. The fourth-order valence-electron chi connectivity index (χ4n) is 0.411. The van der Waals surface area contributed by atoms with Gasteiger partial charge in [-0.05, 0) is 20.3 Å². The fraction of sp³-hybridized carbons (Fsp3) is 0.500. The van der Waals surface area contributed by atoms with Gasteiger partial charge in [0.2, 0.25) is 5.91 Å². The van der Waals surface area contributed by atoms with E-state index < -0.39 is 0 Å². The molecule has 1 radical (unpaired) electrons. The molecule has 1 unspecified atom stereocenters. The molecule has 0 spiro atoms. The zero-order valence-electron chi connectivity index (χ0n) is 6.61. The van der Waals surface area contributed by atoms with Crippen molar-refractivity contribution >= 4 is 5.91 Å². The molecule has 0 aliphatic carbocycles. The summed E-state index contributed by atoms with van der Waals surface area (Å²) in [6.07, 6.45) is 0.846. The van der Waals surface area contributed by atoms with Gasteiger partial charge in [-0.1, -0.05) is 13.5 Å². The van der Waals surface area contributed by atoms with Gasteiger partial charge in [0, 0.05) is 11.6 Å². The van der Waals surface area contributed by atoms with Gasteiger partial charge >= 0.3 is 0 Å². The number of nitrogens with one attached hydrogen (secondary N) is 1. The number of amides is 1. The molecule has 1 N–H and O–H groups in total. The second kappa shape index (κ2) is 4.09. The average molecular weight is 140 g/mol. The third kappa shape index (κ3) is 3.28. The summed E-state index contributed by atoms with van der Waals surface area (Å²) in [7, 11) is 0. The number of carbonyl (C=O) groups excluding carboxylic acids is 1. The first-order chi connectivity index (χ1) is 4.57. The minimum absolute atomic E-state index is 0.00389. The fourth-order valence-corrected chi connectivity index (χ4v) is 0.411. The van der Waals surface area contributed by atoms with Crippen molar-refractivity contribution in [1.29, 1.82) is 0 Å². The Labute approximate surface area is 62.3 Å². The lowest BCUT2D eigenvalue weighted by Gasteiger charge is -2.09. The summed E-state index contributed by atoms with van der Waals surface area (Å²) in [6.45, 7) is 10.9. The summed E-state index contributed by atoms with van der Waals surface area (Å²) in [5.41, 5.74) is 0.530. The van der Waals surface area contributed by atoms with Crippen molar-refractivity contribution in [3.63, 3.8) is 0 Å². The van der Waals surface area contributed by atoms with Crippen LogP contribution in [0.15, 0.2) is 12.2 Å². The first-order valence-corrected chi connectivity index (χ1v) is 3.37. The van der Waals surface area contributed by atoms with Crippen LogP contribution in [0.5, 0.6) is 0 Å². The van der Waals surface area contributed by atoms with E-state index in [1.165, 1.54) is 0 Å². The van der Waals surface area contributed by atoms with Crippen molar-refractivity contribution in [1.82, 2.24) is 5.32 Å². The van der Waals surface area contributed by atoms with Crippen LogP contribution in [0.2, 0.25) is 0 Å². The van der Waals surface area contributed by atoms with Crippen LogP contribution in [0, 0.1) is 6.92 Å². The van der Waals surface area contributed by atoms with Gasteiger partial charge in [-0.2, -0.15) is 0 Å². The Bertz CT molecular complexity index is 140. The van der Waals surface area contributed by atoms with Gasteiger partial charge in [-0.25, -0.2) is 0 Å². The van der Waals surface area contributed by atoms with E-state index in [2.05, 4.69) is 18.8 Å². The second-order valence-electron chi connectivity index (χ2n) is 2.36. The van der Waals surface area contributed by atoms with Crippen molar-refractivity contribution < 1.29 is 4.79 Å². The smallest absolute Gasteiger partial charge is 0.246 e. The van der Waals surface area contributed by atoms with Gasteiger partial charge in [0.05, 0.1) is 0 Å². The molecule has 57 valence electrons. The molecule has 1 amide bonds. The van der Waals surface area contributed by atoms with Crippen molar-refractivity contribution in [3.05, 3.63) is 19.1 Å². The molecule has 0 heterocycles. The highest BCUT2D eigenvalue weighted by atomic mass is 16.1. The highest BCUT2D eigenvalue weighted by Crippen LogP contribution is 1.91. The molecule has 2 heteroatoms. The summed E-state index contributed by atoms with van der Waals surface area (Å²) in [5.74, 6) is -0.109. The summed E-state index contributed by atoms with van der Waals surface area (Å²) >= 11 is 0. The quantitative estimate of drug-likeness (QED) is 0.588. The van der Waals surface area contributed by atoms with Gasteiger partial charge < -0.3 is 5.32 Å². The maximum atomic E-state index is 10.9. The van der Waals surface area contributed by atoms with E-state index in [4.69, 9.17) is 0 Å². The maximum absolute atomic E-state index is 10.9. The number of hydrogen-bond donors (Lipinski definition) is 1. The monoisotopic (exact) mass is 140 g/mol. The highest BCUT2D eigenvalue weighted by Gasteiger charge is 2.04. The Hall–Kier alpha value is -0.790. The lowest BCUT2D eigenvalue weighted by molar-refractivity contribution is -0.117. The Morgan fingerprint density at radius 2 is 2.20 bits per heavy atom. The van der Waals surface area contributed by atoms with Crippen LogP contribution in [-0.4, -0.2) is 11.9 Å². The molecule has 2 nitrogen and oxygen atoms in total. The number of rotatable bonds is 3. The van der Waals surface area contributed by atoms with E-state index in [1.807, 2.05) is 6.92 Å². The number of hydrogen-bond acceptors (Lipinski definition) is 1. The summed E-state index contributed by atoms with van der Waals surface area (Å²) < 4.78 is 0. The van der Waals surface area contributed by atoms with Crippen molar-refractivity contribution in [2.75, 3.05) is 0 Å². The van der Waals surface area contributed by atoms with E-state index in [9.17, 15) is 4.79 Å². The first-order valence-electron chi connectivity index (χ1n) is 3.37. The minimum atomic E-state index is -0.109. The normalized spacial score (nSPS) is 12.3. The standard InChI is InChI=1S/C8H14NO/c1-5-7(4)9-8(10)6(2)3/h7H,2,4-5H2,1,3H3,(H,9,10). The van der Waals surface area contributed by atoms with Crippen LogP contribution < -0.4 is 5.32 Å². The Morgan fingerprint density at radius 3 is 2.50 bits per heavy atom. The van der Waals surface area contributed by atoms with Gasteiger partial charge in [-0.15, -0.1) is 0 Å². The lowest BCUT2D eigenvalue weighted by Crippen LogP contribution is -2.32. The molecule has 0 saturated carbocycles. The van der Waals surface area contributed by atoms with Crippen molar-refractivity contribution in [2.24, 2.45) is 0 Å². The third-order valence-electron chi connectivity index (χ3n) is 1.22. The van der Waals surface area contributed by atoms with Gasteiger partial charge in [0.1, 0.15) is 0 Å². The molecular weight excluding hydrogens is 126 g/mol. The summed E-state index contributed by atoms with van der Waals surface area (Å²) in [4.78, 5) is 10.9. The molecule has 0 aromatic heterocycles. The topological polar surface area (TPSA) is 29.1 Å². The molecule has 0 rings (SSSR count).